The van der Waals surface area contributed by atoms with Gasteiger partial charge >= 0.3 is 0 Å². The Bertz CT molecular complexity index is 362. The molecular weight excluding hydrogens is 220 g/mol. The van der Waals surface area contributed by atoms with E-state index in [4.69, 9.17) is 4.74 Å². The fraction of sp³-hybridized carbons (Fsp3) is 0.529. The monoisotopic (exact) mass is 246 g/mol. The molecule has 0 saturated carbocycles. The van der Waals surface area contributed by atoms with Crippen LogP contribution in [0.5, 0.6) is 5.75 Å². The molecule has 0 aliphatic carbocycles. The Labute approximate surface area is 112 Å². The zero-order valence-electron chi connectivity index (χ0n) is 12.2. The summed E-state index contributed by atoms with van der Waals surface area (Å²) >= 11 is 0. The summed E-state index contributed by atoms with van der Waals surface area (Å²) in [6.45, 7) is 8.66. The Morgan fingerprint density at radius 2 is 1.83 bits per heavy atom. The number of benzene rings is 1. The molecular formula is C17H26O. The van der Waals surface area contributed by atoms with Gasteiger partial charge in [-0.15, -0.1) is 0 Å². The molecule has 0 radical (unpaired) electrons. The second kappa shape index (κ2) is 7.97. The van der Waals surface area contributed by atoms with Crippen LogP contribution >= 0.6 is 0 Å². The molecule has 100 valence electrons. The minimum atomic E-state index is 0.289. The van der Waals surface area contributed by atoms with Gasteiger partial charge in [0.15, 0.2) is 0 Å². The third kappa shape index (κ3) is 4.56. The van der Waals surface area contributed by atoms with E-state index in [2.05, 4.69) is 58.0 Å². The second-order valence-corrected chi connectivity index (χ2v) is 4.75. The van der Waals surface area contributed by atoms with Crippen molar-refractivity contribution in [2.24, 2.45) is 0 Å². The topological polar surface area (TPSA) is 9.23 Å². The highest BCUT2D eigenvalue weighted by molar-refractivity contribution is 5.65. The Hall–Kier alpha value is -1.24. The highest BCUT2D eigenvalue weighted by Crippen LogP contribution is 2.23. The Morgan fingerprint density at radius 3 is 2.33 bits per heavy atom. The molecule has 0 aromatic heterocycles. The maximum atomic E-state index is 5.80. The molecule has 0 amide bonds. The predicted molar refractivity (Wildman–Crippen MR) is 80.0 cm³/mol. The predicted octanol–water partition coefficient (Wildman–Crippen LogP) is 5.46. The van der Waals surface area contributed by atoms with E-state index in [0.29, 0.717) is 0 Å². The average Bonchev–Trinajstić information content (AvgIpc) is 2.39. The lowest BCUT2D eigenvalue weighted by Gasteiger charge is -2.13. The summed E-state index contributed by atoms with van der Waals surface area (Å²) in [4.78, 5) is 0. The van der Waals surface area contributed by atoms with Gasteiger partial charge in [-0.25, -0.2) is 0 Å². The molecule has 0 N–H and O–H groups in total. The smallest absolute Gasteiger partial charge is 0.119 e. The first-order valence-corrected chi connectivity index (χ1v) is 7.17. The summed E-state index contributed by atoms with van der Waals surface area (Å²) in [6, 6.07) is 8.52. The highest BCUT2D eigenvalue weighted by Gasteiger charge is 2.03. The van der Waals surface area contributed by atoms with Crippen LogP contribution in [0.15, 0.2) is 30.3 Å². The molecule has 0 spiro atoms. The van der Waals surface area contributed by atoms with Crippen LogP contribution in [0.2, 0.25) is 0 Å². The molecule has 1 rings (SSSR count). The molecule has 0 saturated heterocycles. The quantitative estimate of drug-likeness (QED) is 0.621. The third-order valence-electron chi connectivity index (χ3n) is 3.11. The van der Waals surface area contributed by atoms with E-state index in [9.17, 15) is 0 Å². The largest absolute Gasteiger partial charge is 0.491 e. The molecule has 0 bridgehead atoms. The molecule has 0 fully saturated rings. The average molecular weight is 246 g/mol. The normalized spacial score (nSPS) is 13.4. The Balaban J connectivity index is 2.77. The van der Waals surface area contributed by atoms with Gasteiger partial charge in [-0.05, 0) is 49.5 Å². The first-order chi connectivity index (χ1) is 8.71. The minimum absolute atomic E-state index is 0.289. The van der Waals surface area contributed by atoms with Crippen LogP contribution in [0.4, 0.5) is 0 Å². The zero-order chi connectivity index (χ0) is 13.4. The van der Waals surface area contributed by atoms with Crippen molar-refractivity contribution in [1.29, 1.82) is 0 Å². The lowest BCUT2D eigenvalue weighted by Crippen LogP contribution is -2.09. The number of hydrogen-bond donors (Lipinski definition) is 0. The van der Waals surface area contributed by atoms with Crippen LogP contribution in [0.1, 0.15) is 58.9 Å². The van der Waals surface area contributed by atoms with E-state index in [0.717, 1.165) is 25.0 Å². The van der Waals surface area contributed by atoms with Crippen molar-refractivity contribution in [3.05, 3.63) is 35.9 Å². The molecule has 1 heteroatoms. The van der Waals surface area contributed by atoms with Gasteiger partial charge in [0.25, 0.3) is 0 Å². The molecule has 0 heterocycles. The molecule has 1 atom stereocenters. The second-order valence-electron chi connectivity index (χ2n) is 4.75. The summed E-state index contributed by atoms with van der Waals surface area (Å²) in [7, 11) is 0. The maximum Gasteiger partial charge on any atom is 0.119 e. The molecule has 18 heavy (non-hydrogen) atoms. The van der Waals surface area contributed by atoms with Gasteiger partial charge in [0.1, 0.15) is 5.75 Å². The van der Waals surface area contributed by atoms with E-state index in [1.807, 2.05) is 0 Å². The maximum absolute atomic E-state index is 5.80. The van der Waals surface area contributed by atoms with Crippen molar-refractivity contribution in [2.75, 3.05) is 0 Å². The molecule has 1 nitrogen and oxygen atoms in total. The van der Waals surface area contributed by atoms with Crippen LogP contribution in [0.3, 0.4) is 0 Å². The fourth-order valence-electron chi connectivity index (χ4n) is 1.94. The van der Waals surface area contributed by atoms with Gasteiger partial charge in [0.05, 0.1) is 6.10 Å². The fourth-order valence-corrected chi connectivity index (χ4v) is 1.94. The van der Waals surface area contributed by atoms with E-state index in [-0.39, 0.29) is 6.10 Å². The van der Waals surface area contributed by atoms with Gasteiger partial charge in [-0.1, -0.05) is 45.4 Å². The van der Waals surface area contributed by atoms with E-state index in [1.54, 1.807) is 0 Å². The number of hydrogen-bond acceptors (Lipinski definition) is 1. The van der Waals surface area contributed by atoms with E-state index < -0.39 is 0 Å². The van der Waals surface area contributed by atoms with E-state index in [1.165, 1.54) is 17.6 Å². The van der Waals surface area contributed by atoms with Crippen LogP contribution in [0.25, 0.3) is 5.57 Å². The van der Waals surface area contributed by atoms with Crippen molar-refractivity contribution in [3.63, 3.8) is 0 Å². The summed E-state index contributed by atoms with van der Waals surface area (Å²) in [5.41, 5.74) is 2.78. The van der Waals surface area contributed by atoms with Crippen molar-refractivity contribution in [2.45, 2.75) is 59.5 Å². The zero-order valence-corrected chi connectivity index (χ0v) is 12.2. The third-order valence-corrected chi connectivity index (χ3v) is 3.11. The highest BCUT2D eigenvalue weighted by atomic mass is 16.5. The Morgan fingerprint density at radius 1 is 1.17 bits per heavy atom. The van der Waals surface area contributed by atoms with Gasteiger partial charge in [0.2, 0.25) is 0 Å². The van der Waals surface area contributed by atoms with Crippen LogP contribution in [-0.4, -0.2) is 6.10 Å². The first-order valence-electron chi connectivity index (χ1n) is 7.17. The number of ether oxygens (including phenoxy) is 1. The van der Waals surface area contributed by atoms with Crippen LogP contribution < -0.4 is 4.74 Å². The summed E-state index contributed by atoms with van der Waals surface area (Å²) < 4.78 is 5.80. The summed E-state index contributed by atoms with van der Waals surface area (Å²) in [5, 5.41) is 0. The summed E-state index contributed by atoms with van der Waals surface area (Å²) in [5.74, 6) is 0.973. The lowest BCUT2D eigenvalue weighted by atomic mass is 10.0. The van der Waals surface area contributed by atoms with Gasteiger partial charge in [0, 0.05) is 0 Å². The first kappa shape index (κ1) is 14.8. The SMILES string of the molecule is CCC=C(CCC)c1ccc(OC(C)CC)cc1. The van der Waals surface area contributed by atoms with Crippen molar-refractivity contribution in [1.82, 2.24) is 0 Å². The molecule has 0 aliphatic heterocycles. The summed E-state index contributed by atoms with van der Waals surface area (Å²) in [6.07, 6.45) is 7.10. The van der Waals surface area contributed by atoms with Crippen LogP contribution in [0, 0.1) is 0 Å². The van der Waals surface area contributed by atoms with Gasteiger partial charge in [-0.3, -0.25) is 0 Å². The Kier molecular flexibility index (Phi) is 6.56. The van der Waals surface area contributed by atoms with Crippen molar-refractivity contribution in [3.8, 4) is 5.75 Å². The molecule has 0 aliphatic rings. The molecule has 1 aromatic carbocycles. The molecule has 1 unspecified atom stereocenters. The standard InChI is InChI=1S/C17H26O/c1-5-8-15(9-6-2)16-10-12-17(13-11-16)18-14(4)7-3/h8,10-14H,5-7,9H2,1-4H3. The van der Waals surface area contributed by atoms with Crippen LogP contribution in [-0.2, 0) is 0 Å². The lowest BCUT2D eigenvalue weighted by molar-refractivity contribution is 0.217. The van der Waals surface area contributed by atoms with Gasteiger partial charge in [-0.2, -0.15) is 0 Å². The van der Waals surface area contributed by atoms with E-state index >= 15 is 0 Å². The molecule has 1 aromatic rings. The van der Waals surface area contributed by atoms with Crippen molar-refractivity contribution < 1.29 is 4.74 Å². The van der Waals surface area contributed by atoms with Crippen molar-refractivity contribution >= 4 is 5.57 Å². The number of allylic oxidation sites excluding steroid dienone is 2. The number of rotatable bonds is 7. The van der Waals surface area contributed by atoms with Gasteiger partial charge < -0.3 is 4.74 Å². The minimum Gasteiger partial charge on any atom is -0.491 e.